The molecular formula is C12H8ClN3O. The molecule has 0 fully saturated rings. The van der Waals surface area contributed by atoms with Crippen LogP contribution in [0.25, 0.3) is 17.0 Å². The molecule has 0 radical (unpaired) electrons. The molecule has 0 amide bonds. The first-order valence-electron chi connectivity index (χ1n) is 5.08. The van der Waals surface area contributed by atoms with Crippen LogP contribution >= 0.6 is 11.6 Å². The van der Waals surface area contributed by atoms with E-state index in [1.807, 2.05) is 12.1 Å². The molecule has 0 spiro atoms. The second-order valence-electron chi connectivity index (χ2n) is 3.64. The molecule has 0 aliphatic carbocycles. The van der Waals surface area contributed by atoms with Crippen LogP contribution in [-0.4, -0.2) is 14.6 Å². The van der Waals surface area contributed by atoms with Crippen LogP contribution < -0.4 is 5.56 Å². The van der Waals surface area contributed by atoms with E-state index in [0.717, 1.165) is 5.56 Å². The standard InChI is InChI=1S/C12H8ClN3O/c13-9-4-1-3-8(7-9)12-14-10-5-2-6-11(17)16(10)15-12/h1-7H,(H,14,15). The third-order valence-corrected chi connectivity index (χ3v) is 2.71. The van der Waals surface area contributed by atoms with Gasteiger partial charge in [0.15, 0.2) is 11.5 Å². The Morgan fingerprint density at radius 1 is 1.18 bits per heavy atom. The number of nitrogens with one attached hydrogen (secondary N) is 1. The Balaban J connectivity index is 2.25. The van der Waals surface area contributed by atoms with Crippen LogP contribution in [0, 0.1) is 0 Å². The van der Waals surface area contributed by atoms with E-state index in [4.69, 9.17) is 11.6 Å². The van der Waals surface area contributed by atoms with Crippen molar-refractivity contribution in [3.63, 3.8) is 0 Å². The summed E-state index contributed by atoms with van der Waals surface area (Å²) < 4.78 is 1.40. The van der Waals surface area contributed by atoms with Crippen LogP contribution in [0.1, 0.15) is 0 Å². The van der Waals surface area contributed by atoms with Gasteiger partial charge in [0.1, 0.15) is 0 Å². The number of hydrogen-bond donors (Lipinski definition) is 1. The average Bonchev–Trinajstić information content (AvgIpc) is 2.74. The van der Waals surface area contributed by atoms with E-state index in [9.17, 15) is 4.79 Å². The van der Waals surface area contributed by atoms with Gasteiger partial charge in [0.05, 0.1) is 0 Å². The first kappa shape index (κ1) is 10.1. The van der Waals surface area contributed by atoms with Crippen molar-refractivity contribution in [1.82, 2.24) is 14.6 Å². The Hall–Kier alpha value is -2.07. The summed E-state index contributed by atoms with van der Waals surface area (Å²) in [6.45, 7) is 0. The molecule has 2 heterocycles. The second-order valence-corrected chi connectivity index (χ2v) is 4.08. The average molecular weight is 246 g/mol. The molecule has 1 aromatic carbocycles. The lowest BCUT2D eigenvalue weighted by Gasteiger charge is -1.95. The highest BCUT2D eigenvalue weighted by molar-refractivity contribution is 6.30. The van der Waals surface area contributed by atoms with E-state index >= 15 is 0 Å². The molecule has 0 saturated carbocycles. The van der Waals surface area contributed by atoms with Crippen LogP contribution in [0.4, 0.5) is 0 Å². The summed E-state index contributed by atoms with van der Waals surface area (Å²) in [6, 6.07) is 12.2. The molecule has 17 heavy (non-hydrogen) atoms. The monoisotopic (exact) mass is 245 g/mol. The van der Waals surface area contributed by atoms with E-state index in [-0.39, 0.29) is 5.56 Å². The zero-order valence-electron chi connectivity index (χ0n) is 8.72. The van der Waals surface area contributed by atoms with Gasteiger partial charge >= 0.3 is 0 Å². The minimum atomic E-state index is -0.136. The number of fused-ring (bicyclic) bond motifs is 1. The molecule has 5 heteroatoms. The number of aromatic nitrogens is 3. The number of hydrogen-bond acceptors (Lipinski definition) is 2. The van der Waals surface area contributed by atoms with Crippen molar-refractivity contribution in [2.24, 2.45) is 0 Å². The molecule has 0 atom stereocenters. The normalized spacial score (nSPS) is 10.9. The van der Waals surface area contributed by atoms with Crippen LogP contribution in [0.2, 0.25) is 5.02 Å². The van der Waals surface area contributed by atoms with Crippen molar-refractivity contribution in [3.05, 3.63) is 57.8 Å². The van der Waals surface area contributed by atoms with E-state index in [1.54, 1.807) is 24.3 Å². The van der Waals surface area contributed by atoms with Gasteiger partial charge in [-0.15, -0.1) is 0 Å². The fraction of sp³-hybridized carbons (Fsp3) is 0. The van der Waals surface area contributed by atoms with Gasteiger partial charge in [-0.3, -0.25) is 9.89 Å². The van der Waals surface area contributed by atoms with Gasteiger partial charge in [-0.1, -0.05) is 29.8 Å². The summed E-state index contributed by atoms with van der Waals surface area (Å²) in [5.74, 6) is 0.621. The topological polar surface area (TPSA) is 50.2 Å². The summed E-state index contributed by atoms with van der Waals surface area (Å²) in [5.41, 5.74) is 1.30. The lowest BCUT2D eigenvalue weighted by atomic mass is 10.2. The van der Waals surface area contributed by atoms with Gasteiger partial charge in [-0.25, -0.2) is 4.98 Å². The molecule has 0 saturated heterocycles. The number of H-pyrrole nitrogens is 1. The van der Waals surface area contributed by atoms with E-state index in [1.165, 1.54) is 10.6 Å². The SMILES string of the molecule is O=c1cccc2nc(-c3cccc(Cl)c3)[nH]n12. The summed E-state index contributed by atoms with van der Waals surface area (Å²) in [7, 11) is 0. The number of nitrogens with zero attached hydrogens (tertiary/aromatic N) is 2. The third kappa shape index (κ3) is 1.72. The van der Waals surface area contributed by atoms with Crippen molar-refractivity contribution >= 4 is 17.2 Å². The highest BCUT2D eigenvalue weighted by Gasteiger charge is 2.05. The molecule has 0 unspecified atom stereocenters. The van der Waals surface area contributed by atoms with E-state index < -0.39 is 0 Å². The lowest BCUT2D eigenvalue weighted by Crippen LogP contribution is -2.11. The maximum Gasteiger partial charge on any atom is 0.271 e. The van der Waals surface area contributed by atoms with Crippen LogP contribution in [0.5, 0.6) is 0 Å². The number of pyridine rings is 1. The Labute approximate surface area is 101 Å². The summed E-state index contributed by atoms with van der Waals surface area (Å²) in [6.07, 6.45) is 0. The summed E-state index contributed by atoms with van der Waals surface area (Å²) >= 11 is 5.91. The van der Waals surface area contributed by atoms with Crippen molar-refractivity contribution in [2.45, 2.75) is 0 Å². The minimum absolute atomic E-state index is 0.136. The Morgan fingerprint density at radius 3 is 2.76 bits per heavy atom. The molecule has 1 N–H and O–H groups in total. The molecule has 0 aliphatic rings. The highest BCUT2D eigenvalue weighted by Crippen LogP contribution is 2.19. The maximum absolute atomic E-state index is 11.6. The van der Waals surface area contributed by atoms with E-state index in [2.05, 4.69) is 10.1 Å². The maximum atomic E-state index is 11.6. The zero-order chi connectivity index (χ0) is 11.8. The highest BCUT2D eigenvalue weighted by atomic mass is 35.5. The molecule has 2 aromatic heterocycles. The van der Waals surface area contributed by atoms with E-state index in [0.29, 0.717) is 16.5 Å². The Morgan fingerprint density at radius 2 is 2.00 bits per heavy atom. The van der Waals surface area contributed by atoms with Crippen molar-refractivity contribution in [2.75, 3.05) is 0 Å². The van der Waals surface area contributed by atoms with Gasteiger partial charge < -0.3 is 0 Å². The molecule has 0 aliphatic heterocycles. The van der Waals surface area contributed by atoms with Crippen LogP contribution in [-0.2, 0) is 0 Å². The lowest BCUT2D eigenvalue weighted by molar-refractivity contribution is 0.924. The minimum Gasteiger partial charge on any atom is -0.272 e. The van der Waals surface area contributed by atoms with Crippen molar-refractivity contribution in [1.29, 1.82) is 0 Å². The molecule has 3 aromatic rings. The van der Waals surface area contributed by atoms with Crippen LogP contribution in [0.3, 0.4) is 0 Å². The zero-order valence-corrected chi connectivity index (χ0v) is 9.48. The summed E-state index contributed by atoms with van der Waals surface area (Å²) in [5, 5.41) is 3.58. The quantitative estimate of drug-likeness (QED) is 0.715. The third-order valence-electron chi connectivity index (χ3n) is 2.48. The van der Waals surface area contributed by atoms with Gasteiger partial charge in [0.2, 0.25) is 0 Å². The molecular weight excluding hydrogens is 238 g/mol. The largest absolute Gasteiger partial charge is 0.272 e. The molecule has 3 rings (SSSR count). The van der Waals surface area contributed by atoms with Crippen molar-refractivity contribution in [3.8, 4) is 11.4 Å². The van der Waals surface area contributed by atoms with Gasteiger partial charge in [0.25, 0.3) is 5.56 Å². The second kappa shape index (κ2) is 3.75. The predicted molar refractivity (Wildman–Crippen MR) is 66.3 cm³/mol. The van der Waals surface area contributed by atoms with Gasteiger partial charge in [0, 0.05) is 16.7 Å². The predicted octanol–water partition coefficient (Wildman–Crippen LogP) is 2.34. The first-order chi connectivity index (χ1) is 8.24. The molecule has 84 valence electrons. The smallest absolute Gasteiger partial charge is 0.271 e. The Kier molecular flexibility index (Phi) is 2.23. The van der Waals surface area contributed by atoms with Gasteiger partial charge in [-0.05, 0) is 18.2 Å². The summed E-state index contributed by atoms with van der Waals surface area (Å²) in [4.78, 5) is 15.9. The van der Waals surface area contributed by atoms with Crippen LogP contribution in [0.15, 0.2) is 47.3 Å². The number of aromatic amines is 1. The fourth-order valence-corrected chi connectivity index (χ4v) is 1.88. The number of halogens is 1. The van der Waals surface area contributed by atoms with Crippen molar-refractivity contribution < 1.29 is 0 Å². The van der Waals surface area contributed by atoms with Gasteiger partial charge in [-0.2, -0.15) is 4.52 Å². The fourth-order valence-electron chi connectivity index (χ4n) is 1.69. The first-order valence-corrected chi connectivity index (χ1v) is 5.45. The molecule has 4 nitrogen and oxygen atoms in total. The number of rotatable bonds is 1. The molecule has 0 bridgehead atoms. The Bertz CT molecular complexity index is 745. The number of benzene rings is 1.